The van der Waals surface area contributed by atoms with Crippen molar-refractivity contribution in [1.82, 2.24) is 10.6 Å². The molecule has 0 unspecified atom stereocenters. The molecule has 12 heteroatoms. The number of halogens is 1. The first-order valence-corrected chi connectivity index (χ1v) is 14.5. The van der Waals surface area contributed by atoms with Gasteiger partial charge in [-0.3, -0.25) is 9.59 Å². The summed E-state index contributed by atoms with van der Waals surface area (Å²) in [5.41, 5.74) is 2.19. The zero-order chi connectivity index (χ0) is 27.1. The van der Waals surface area contributed by atoms with Gasteiger partial charge in [0, 0.05) is 16.6 Å². The van der Waals surface area contributed by atoms with Crippen molar-refractivity contribution in [1.29, 1.82) is 0 Å². The number of nitrogens with zero attached hydrogens (tertiary/aromatic N) is 1. The Morgan fingerprint density at radius 1 is 1.11 bits per heavy atom. The van der Waals surface area contributed by atoms with Crippen LogP contribution in [0.15, 0.2) is 92.1 Å². The first-order chi connectivity index (χ1) is 18.2. The van der Waals surface area contributed by atoms with E-state index in [-0.39, 0.29) is 23.3 Å². The fraction of sp³-hybridized carbons (Fsp3) is 0.115. The van der Waals surface area contributed by atoms with E-state index in [1.54, 1.807) is 24.3 Å². The molecule has 0 aromatic heterocycles. The van der Waals surface area contributed by atoms with Gasteiger partial charge in [0.2, 0.25) is 10.0 Å². The van der Waals surface area contributed by atoms with Crippen LogP contribution >= 0.6 is 27.7 Å². The van der Waals surface area contributed by atoms with Gasteiger partial charge >= 0.3 is 0 Å². The number of carbonyl (C=O) groups is 2. The third kappa shape index (κ3) is 7.78. The van der Waals surface area contributed by atoms with Crippen molar-refractivity contribution < 1.29 is 22.7 Å². The number of ether oxygens (including phenoxy) is 1. The molecule has 1 heterocycles. The van der Waals surface area contributed by atoms with Crippen molar-refractivity contribution in [2.75, 3.05) is 13.2 Å². The third-order valence-electron chi connectivity index (χ3n) is 5.24. The van der Waals surface area contributed by atoms with Crippen LogP contribution in [-0.2, 0) is 26.0 Å². The highest BCUT2D eigenvalue weighted by Gasteiger charge is 2.24. The van der Waals surface area contributed by atoms with Crippen molar-refractivity contribution in [3.63, 3.8) is 0 Å². The van der Waals surface area contributed by atoms with Crippen LogP contribution in [-0.4, -0.2) is 38.6 Å². The minimum absolute atomic E-state index is 0.0304. The second-order valence-corrected chi connectivity index (χ2v) is 11.6. The Morgan fingerprint density at radius 3 is 2.55 bits per heavy atom. The summed E-state index contributed by atoms with van der Waals surface area (Å²) < 4.78 is 29.4. The monoisotopic (exact) mass is 614 g/mol. The van der Waals surface area contributed by atoms with Crippen LogP contribution in [0.2, 0.25) is 0 Å². The second kappa shape index (κ2) is 12.4. The van der Waals surface area contributed by atoms with Crippen molar-refractivity contribution in [2.45, 2.75) is 11.3 Å². The number of benzene rings is 3. The lowest BCUT2D eigenvalue weighted by atomic mass is 10.1. The molecule has 196 valence electrons. The maximum Gasteiger partial charge on any atom is 0.264 e. The molecule has 3 aromatic rings. The van der Waals surface area contributed by atoms with E-state index < -0.39 is 10.0 Å². The summed E-state index contributed by atoms with van der Waals surface area (Å²) >= 11 is 4.55. The molecule has 9 nitrogen and oxygen atoms in total. The number of primary sulfonamides is 1. The zero-order valence-corrected chi connectivity index (χ0v) is 23.1. The SMILES string of the molecule is NS(=O)(=O)c1ccc(N=C2NC(=O)/C(=C/c3cc(Br)ccc3OCC(=O)NCCc3ccccc3)S2)cc1. The van der Waals surface area contributed by atoms with E-state index in [0.717, 1.165) is 21.8 Å². The molecular weight excluding hydrogens is 592 g/mol. The molecule has 1 fully saturated rings. The number of amides is 2. The standard InChI is InChI=1S/C26H23BrN4O5S2/c27-19-6-11-22(36-16-24(32)29-13-12-17-4-2-1-3-5-17)18(14-19)15-23-25(33)31-26(37-23)30-20-7-9-21(10-8-20)38(28,34)35/h1-11,14-15H,12-13,16H2,(H,29,32)(H2,28,34,35)(H,30,31,33)/b23-15-. The van der Waals surface area contributed by atoms with Crippen molar-refractivity contribution in [2.24, 2.45) is 10.1 Å². The lowest BCUT2D eigenvalue weighted by molar-refractivity contribution is -0.123. The molecule has 2 amide bonds. The maximum atomic E-state index is 12.6. The molecule has 0 bridgehead atoms. The van der Waals surface area contributed by atoms with Gasteiger partial charge in [0.15, 0.2) is 11.8 Å². The quantitative estimate of drug-likeness (QED) is 0.314. The fourth-order valence-electron chi connectivity index (χ4n) is 3.40. The van der Waals surface area contributed by atoms with Gasteiger partial charge in [-0.2, -0.15) is 0 Å². The van der Waals surface area contributed by atoms with Crippen molar-refractivity contribution in [3.05, 3.63) is 93.3 Å². The van der Waals surface area contributed by atoms with E-state index >= 15 is 0 Å². The summed E-state index contributed by atoms with van der Waals surface area (Å²) in [5.74, 6) is -0.158. The van der Waals surface area contributed by atoms with Crippen molar-refractivity contribution >= 4 is 66.5 Å². The number of rotatable bonds is 9. The van der Waals surface area contributed by atoms with E-state index in [1.807, 2.05) is 30.3 Å². The first-order valence-electron chi connectivity index (χ1n) is 11.3. The number of amidine groups is 1. The zero-order valence-electron chi connectivity index (χ0n) is 19.9. The average Bonchev–Trinajstić information content (AvgIpc) is 3.22. The Hall–Kier alpha value is -3.45. The van der Waals surface area contributed by atoms with Gasteiger partial charge < -0.3 is 15.4 Å². The molecule has 3 aromatic carbocycles. The number of nitrogens with one attached hydrogen (secondary N) is 2. The number of thioether (sulfide) groups is 1. The number of aliphatic imine (C=N–C) groups is 1. The molecule has 38 heavy (non-hydrogen) atoms. The van der Waals surface area contributed by atoms with Gasteiger partial charge in [-0.25, -0.2) is 18.5 Å². The highest BCUT2D eigenvalue weighted by Crippen LogP contribution is 2.32. The highest BCUT2D eigenvalue weighted by molar-refractivity contribution is 9.10. The van der Waals surface area contributed by atoms with Gasteiger partial charge in [-0.05, 0) is 72.3 Å². The predicted octanol–water partition coefficient (Wildman–Crippen LogP) is 3.73. The normalized spacial score (nSPS) is 15.5. The second-order valence-electron chi connectivity index (χ2n) is 8.08. The Bertz CT molecular complexity index is 1510. The molecule has 0 radical (unpaired) electrons. The number of hydrogen-bond donors (Lipinski definition) is 3. The topological polar surface area (TPSA) is 140 Å². The van der Waals surface area contributed by atoms with Crippen LogP contribution < -0.4 is 20.5 Å². The lowest BCUT2D eigenvalue weighted by Gasteiger charge is -2.11. The molecule has 4 rings (SSSR count). The molecule has 0 atom stereocenters. The molecule has 4 N–H and O–H groups in total. The van der Waals surface area contributed by atoms with Crippen LogP contribution in [0.3, 0.4) is 0 Å². The summed E-state index contributed by atoms with van der Waals surface area (Å²) in [6.45, 7) is 0.320. The molecule has 0 saturated carbocycles. The fourth-order valence-corrected chi connectivity index (χ4v) is 5.13. The molecule has 1 saturated heterocycles. The van der Waals surface area contributed by atoms with E-state index in [4.69, 9.17) is 9.88 Å². The summed E-state index contributed by atoms with van der Waals surface area (Å²) in [7, 11) is -3.81. The van der Waals surface area contributed by atoms with Gasteiger partial charge in [0.05, 0.1) is 15.5 Å². The van der Waals surface area contributed by atoms with E-state index in [9.17, 15) is 18.0 Å². The van der Waals surface area contributed by atoms with Crippen LogP contribution in [0, 0.1) is 0 Å². The van der Waals surface area contributed by atoms with Crippen LogP contribution in [0.25, 0.3) is 6.08 Å². The molecule has 0 aliphatic carbocycles. The number of nitrogens with two attached hydrogens (primary N) is 1. The minimum atomic E-state index is -3.81. The van der Waals surface area contributed by atoms with Gasteiger partial charge in [0.25, 0.3) is 11.8 Å². The van der Waals surface area contributed by atoms with E-state index in [1.165, 1.54) is 24.3 Å². The Balaban J connectivity index is 1.40. The maximum absolute atomic E-state index is 12.6. The smallest absolute Gasteiger partial charge is 0.264 e. The van der Waals surface area contributed by atoms with Gasteiger partial charge in [-0.15, -0.1) is 0 Å². The third-order valence-corrected chi connectivity index (χ3v) is 7.57. The van der Waals surface area contributed by atoms with Gasteiger partial charge in [-0.1, -0.05) is 46.3 Å². The first kappa shape index (κ1) is 27.6. The summed E-state index contributed by atoms with van der Waals surface area (Å²) in [6.07, 6.45) is 2.37. The van der Waals surface area contributed by atoms with E-state index in [2.05, 4.69) is 31.6 Å². The number of hydrogen-bond acceptors (Lipinski definition) is 7. The lowest BCUT2D eigenvalue weighted by Crippen LogP contribution is -2.30. The molecule has 1 aliphatic rings. The van der Waals surface area contributed by atoms with Crippen molar-refractivity contribution in [3.8, 4) is 5.75 Å². The molecule has 0 spiro atoms. The van der Waals surface area contributed by atoms with Gasteiger partial charge in [0.1, 0.15) is 5.75 Å². The Morgan fingerprint density at radius 2 is 1.84 bits per heavy atom. The average molecular weight is 616 g/mol. The molecular formula is C26H23BrN4O5S2. The largest absolute Gasteiger partial charge is 0.483 e. The van der Waals surface area contributed by atoms with E-state index in [0.29, 0.717) is 40.0 Å². The highest BCUT2D eigenvalue weighted by atomic mass is 79.9. The van der Waals surface area contributed by atoms with Crippen LogP contribution in [0.5, 0.6) is 5.75 Å². The molecule has 1 aliphatic heterocycles. The van der Waals surface area contributed by atoms with Crippen LogP contribution in [0.1, 0.15) is 11.1 Å². The Labute approximate surface area is 232 Å². The predicted molar refractivity (Wildman–Crippen MR) is 151 cm³/mol. The van der Waals surface area contributed by atoms with Crippen LogP contribution in [0.4, 0.5) is 5.69 Å². The number of carbonyl (C=O) groups excluding carboxylic acids is 2. The summed E-state index contributed by atoms with van der Waals surface area (Å²) in [4.78, 5) is 29.6. The minimum Gasteiger partial charge on any atom is -0.483 e. The summed E-state index contributed by atoms with van der Waals surface area (Å²) in [5, 5.41) is 11.0. The number of sulfonamides is 1. The summed E-state index contributed by atoms with van der Waals surface area (Å²) in [6, 6.07) is 20.8. The Kier molecular flexibility index (Phi) is 9.00.